The smallest absolute Gasteiger partial charge is 0.416 e. The van der Waals surface area contributed by atoms with Gasteiger partial charge in [-0.05, 0) is 70.6 Å². The molecular weight excluding hydrogens is 395 g/mol. The molecule has 0 saturated heterocycles. The van der Waals surface area contributed by atoms with Crippen molar-refractivity contribution < 1.29 is 31.5 Å². The molecule has 1 aromatic carbocycles. The number of carboxylic acid groups (broad SMARTS) is 1. The summed E-state index contributed by atoms with van der Waals surface area (Å²) in [6, 6.07) is 3.84. The van der Waals surface area contributed by atoms with E-state index in [1.807, 2.05) is 0 Å². The molecule has 28 heavy (non-hydrogen) atoms. The molecule has 0 atom stereocenters. The summed E-state index contributed by atoms with van der Waals surface area (Å²) < 4.78 is 64.2. The molecule has 158 valence electrons. The van der Waals surface area contributed by atoms with Crippen LogP contribution >= 0.6 is 0 Å². The average molecular weight is 421 g/mol. The monoisotopic (exact) mass is 421 g/mol. The van der Waals surface area contributed by atoms with Crippen molar-refractivity contribution in [2.24, 2.45) is 5.92 Å². The van der Waals surface area contributed by atoms with Gasteiger partial charge in [0.15, 0.2) is 9.84 Å². The number of alkyl halides is 3. The molecule has 1 aliphatic rings. The van der Waals surface area contributed by atoms with E-state index in [0.717, 1.165) is 12.1 Å². The maximum Gasteiger partial charge on any atom is 0.416 e. The molecule has 0 aromatic heterocycles. The third-order valence-electron chi connectivity index (χ3n) is 5.20. The first-order chi connectivity index (χ1) is 12.7. The zero-order valence-corrected chi connectivity index (χ0v) is 17.0. The molecule has 9 heteroatoms. The highest BCUT2D eigenvalue weighted by atomic mass is 32.2. The molecule has 1 N–H and O–H groups in total. The van der Waals surface area contributed by atoms with Gasteiger partial charge in [0.25, 0.3) is 0 Å². The van der Waals surface area contributed by atoms with Crippen LogP contribution in [0.15, 0.2) is 29.2 Å². The number of hydrogen-bond acceptors (Lipinski definition) is 3. The molecule has 1 aromatic rings. The van der Waals surface area contributed by atoms with Crippen LogP contribution in [0.5, 0.6) is 0 Å². The summed E-state index contributed by atoms with van der Waals surface area (Å²) in [7, 11) is -3.87. The maximum atomic E-state index is 12.9. The number of amides is 1. The first kappa shape index (κ1) is 22.5. The Hall–Kier alpha value is -1.77. The molecule has 1 amide bonds. The Morgan fingerprint density at radius 1 is 1.14 bits per heavy atom. The van der Waals surface area contributed by atoms with E-state index in [4.69, 9.17) is 0 Å². The lowest BCUT2D eigenvalue weighted by Gasteiger charge is -2.38. The third kappa shape index (κ3) is 5.18. The van der Waals surface area contributed by atoms with E-state index in [9.17, 15) is 31.5 Å². The van der Waals surface area contributed by atoms with Gasteiger partial charge in [-0.25, -0.2) is 13.2 Å². The number of benzene rings is 1. The topological polar surface area (TPSA) is 74.7 Å². The summed E-state index contributed by atoms with van der Waals surface area (Å²) in [5, 5.41) is 8.65. The highest BCUT2D eigenvalue weighted by Gasteiger charge is 2.37. The Labute approximate surface area is 163 Å². The average Bonchev–Trinajstić information content (AvgIpc) is 2.58. The largest absolute Gasteiger partial charge is 0.465 e. The lowest BCUT2D eigenvalue weighted by Crippen LogP contribution is -2.48. The molecule has 1 fully saturated rings. The van der Waals surface area contributed by atoms with Crippen LogP contribution < -0.4 is 0 Å². The Morgan fingerprint density at radius 3 is 2.18 bits per heavy atom. The molecule has 5 nitrogen and oxygen atoms in total. The minimum atomic E-state index is -4.60. The van der Waals surface area contributed by atoms with Crippen LogP contribution in [0.4, 0.5) is 18.0 Å². The van der Waals surface area contributed by atoms with Crippen LogP contribution in [-0.4, -0.2) is 41.9 Å². The second-order valence-corrected chi connectivity index (χ2v) is 10.5. The molecule has 0 aliphatic heterocycles. The molecule has 0 spiro atoms. The van der Waals surface area contributed by atoms with E-state index in [0.29, 0.717) is 38.3 Å². The van der Waals surface area contributed by atoms with E-state index < -0.39 is 38.5 Å². The second kappa shape index (κ2) is 7.93. The predicted molar refractivity (Wildman–Crippen MR) is 98.9 cm³/mol. The highest BCUT2D eigenvalue weighted by Crippen LogP contribution is 2.35. The normalized spacial score (nSPS) is 21.4. The molecule has 0 radical (unpaired) electrons. The van der Waals surface area contributed by atoms with Crippen LogP contribution in [0.25, 0.3) is 0 Å². The molecule has 2 rings (SSSR count). The summed E-state index contributed by atoms with van der Waals surface area (Å²) >= 11 is 0. The van der Waals surface area contributed by atoms with Gasteiger partial charge in [0.05, 0.1) is 15.7 Å². The Morgan fingerprint density at radius 2 is 1.71 bits per heavy atom. The maximum absolute atomic E-state index is 12.9. The predicted octanol–water partition coefficient (Wildman–Crippen LogP) is 4.82. The highest BCUT2D eigenvalue weighted by molar-refractivity contribution is 7.92. The third-order valence-corrected chi connectivity index (χ3v) is 7.46. The Kier molecular flexibility index (Phi) is 6.37. The van der Waals surface area contributed by atoms with Crippen molar-refractivity contribution in [3.8, 4) is 0 Å². The summed E-state index contributed by atoms with van der Waals surface area (Å²) in [5.41, 5.74) is -1.54. The summed E-state index contributed by atoms with van der Waals surface area (Å²) in [4.78, 5) is 12.5. The lowest BCUT2D eigenvalue weighted by molar-refractivity contribution is -0.137. The molecular formula is C19H26F3NO4S. The summed E-state index contributed by atoms with van der Waals surface area (Å²) in [6.07, 6.45) is -3.98. The molecule has 1 saturated carbocycles. The SMILES string of the molecule is CC(C)(C)N(CC1CCC(S(=O)(=O)c2cccc(C(F)(F)F)c2)CC1)C(=O)O. The van der Waals surface area contributed by atoms with Gasteiger partial charge in [0.1, 0.15) is 0 Å². The van der Waals surface area contributed by atoms with E-state index in [1.165, 1.54) is 11.0 Å². The van der Waals surface area contributed by atoms with Crippen LogP contribution in [-0.2, 0) is 16.0 Å². The van der Waals surface area contributed by atoms with Crippen molar-refractivity contribution in [1.82, 2.24) is 4.90 Å². The van der Waals surface area contributed by atoms with Crippen molar-refractivity contribution in [2.45, 2.75) is 68.3 Å². The standard InChI is InChI=1S/C19H26F3NO4S/c1-18(2,3)23(17(24)25)12-13-7-9-15(10-8-13)28(26,27)16-6-4-5-14(11-16)19(20,21)22/h4-6,11,13,15H,7-10,12H2,1-3H3,(H,24,25). The molecule has 0 bridgehead atoms. The number of rotatable bonds is 4. The van der Waals surface area contributed by atoms with Crippen molar-refractivity contribution in [3.05, 3.63) is 29.8 Å². The van der Waals surface area contributed by atoms with Gasteiger partial charge in [-0.15, -0.1) is 0 Å². The van der Waals surface area contributed by atoms with Gasteiger partial charge in [-0.1, -0.05) is 6.07 Å². The van der Waals surface area contributed by atoms with Gasteiger partial charge in [-0.3, -0.25) is 0 Å². The van der Waals surface area contributed by atoms with Gasteiger partial charge in [0.2, 0.25) is 0 Å². The van der Waals surface area contributed by atoms with Crippen LogP contribution in [0, 0.1) is 5.92 Å². The lowest BCUT2D eigenvalue weighted by atomic mass is 9.87. The van der Waals surface area contributed by atoms with Crippen molar-refractivity contribution in [1.29, 1.82) is 0 Å². The number of hydrogen-bond donors (Lipinski definition) is 1. The first-order valence-corrected chi connectivity index (χ1v) is 10.7. The van der Waals surface area contributed by atoms with Crippen LogP contribution in [0.3, 0.4) is 0 Å². The van der Waals surface area contributed by atoms with Gasteiger partial charge < -0.3 is 10.0 Å². The first-order valence-electron chi connectivity index (χ1n) is 9.14. The number of sulfone groups is 1. The number of carbonyl (C=O) groups is 1. The van der Waals surface area contributed by atoms with Gasteiger partial charge in [-0.2, -0.15) is 13.2 Å². The van der Waals surface area contributed by atoms with Gasteiger partial charge in [0, 0.05) is 12.1 Å². The van der Waals surface area contributed by atoms with E-state index in [1.54, 1.807) is 20.8 Å². The zero-order chi connectivity index (χ0) is 21.3. The second-order valence-electron chi connectivity index (χ2n) is 8.28. The number of halogens is 3. The van der Waals surface area contributed by atoms with E-state index in [-0.39, 0.29) is 10.8 Å². The summed E-state index contributed by atoms with van der Waals surface area (Å²) in [5.74, 6) is 0.0308. The van der Waals surface area contributed by atoms with Crippen molar-refractivity contribution in [3.63, 3.8) is 0 Å². The molecule has 0 heterocycles. The van der Waals surface area contributed by atoms with Crippen LogP contribution in [0.1, 0.15) is 52.0 Å². The summed E-state index contributed by atoms with van der Waals surface area (Å²) in [6.45, 7) is 5.70. The van der Waals surface area contributed by atoms with Gasteiger partial charge >= 0.3 is 12.3 Å². The minimum Gasteiger partial charge on any atom is -0.465 e. The Balaban J connectivity index is 2.09. The van der Waals surface area contributed by atoms with Crippen molar-refractivity contribution >= 4 is 15.9 Å². The Bertz CT molecular complexity index is 807. The van der Waals surface area contributed by atoms with Crippen molar-refractivity contribution in [2.75, 3.05) is 6.54 Å². The number of nitrogens with zero attached hydrogens (tertiary/aromatic N) is 1. The minimum absolute atomic E-state index is 0.0308. The van der Waals surface area contributed by atoms with E-state index in [2.05, 4.69) is 0 Å². The molecule has 0 unspecified atom stereocenters. The zero-order valence-electron chi connectivity index (χ0n) is 16.2. The van der Waals surface area contributed by atoms with E-state index >= 15 is 0 Å². The quantitative estimate of drug-likeness (QED) is 0.757. The fraction of sp³-hybridized carbons (Fsp3) is 0.632. The van der Waals surface area contributed by atoms with Crippen LogP contribution in [0.2, 0.25) is 0 Å². The fourth-order valence-electron chi connectivity index (χ4n) is 3.56. The molecule has 1 aliphatic carbocycles. The fourth-order valence-corrected chi connectivity index (χ4v) is 5.40.